The van der Waals surface area contributed by atoms with Gasteiger partial charge in [0.1, 0.15) is 11.0 Å². The second kappa shape index (κ2) is 4.07. The fourth-order valence-corrected chi connectivity index (χ4v) is 1.94. The van der Waals surface area contributed by atoms with Gasteiger partial charge in [0.2, 0.25) is 0 Å². The molecule has 84 valence electrons. The quantitative estimate of drug-likeness (QED) is 0.680. The molecule has 2 aromatic heterocycles. The number of fused-ring (bicyclic) bond motifs is 1. The molecule has 0 saturated carbocycles. The van der Waals surface area contributed by atoms with E-state index >= 15 is 0 Å². The molecule has 2 heterocycles. The van der Waals surface area contributed by atoms with Crippen LogP contribution in [0.15, 0.2) is 42.6 Å². The minimum Gasteiger partial charge on any atom is -0.323 e. The van der Waals surface area contributed by atoms with Crippen LogP contribution in [-0.2, 0) is 0 Å². The van der Waals surface area contributed by atoms with Gasteiger partial charge in [-0.3, -0.25) is 5.10 Å². The van der Waals surface area contributed by atoms with Gasteiger partial charge < -0.3 is 5.32 Å². The lowest BCUT2D eigenvalue weighted by Crippen LogP contribution is -1.94. The number of nitrogens with zero attached hydrogens (tertiary/aromatic N) is 2. The smallest absolute Gasteiger partial charge is 0.153 e. The Hall–Kier alpha value is -2.07. The lowest BCUT2D eigenvalue weighted by atomic mass is 10.2. The molecule has 0 radical (unpaired) electrons. The first-order chi connectivity index (χ1) is 8.33. The fraction of sp³-hybridized carbons (Fsp3) is 0. The van der Waals surface area contributed by atoms with E-state index in [0.29, 0.717) is 16.8 Å². The molecular formula is C12H9ClN4. The third-order valence-electron chi connectivity index (χ3n) is 2.45. The van der Waals surface area contributed by atoms with Crippen LogP contribution in [0.4, 0.5) is 11.6 Å². The third-order valence-corrected chi connectivity index (χ3v) is 2.74. The topological polar surface area (TPSA) is 53.6 Å². The zero-order chi connectivity index (χ0) is 11.7. The summed E-state index contributed by atoms with van der Waals surface area (Å²) in [6, 6.07) is 11.6. The summed E-state index contributed by atoms with van der Waals surface area (Å²) in [5, 5.41) is 12.3. The Morgan fingerprint density at radius 1 is 1.12 bits per heavy atom. The summed E-state index contributed by atoms with van der Waals surface area (Å²) in [7, 11) is 0. The number of anilines is 2. The number of hydrogen-bond acceptors (Lipinski definition) is 3. The summed E-state index contributed by atoms with van der Waals surface area (Å²) in [6.07, 6.45) is 1.74. The Kier molecular flexibility index (Phi) is 2.42. The number of H-pyrrole nitrogens is 1. The van der Waals surface area contributed by atoms with Crippen LogP contribution in [0.5, 0.6) is 0 Å². The van der Waals surface area contributed by atoms with Crippen LogP contribution in [0.3, 0.4) is 0 Å². The van der Waals surface area contributed by atoms with Crippen molar-refractivity contribution in [1.29, 1.82) is 0 Å². The van der Waals surface area contributed by atoms with Crippen molar-refractivity contribution in [2.45, 2.75) is 0 Å². The maximum Gasteiger partial charge on any atom is 0.153 e. The minimum absolute atomic E-state index is 0.487. The molecule has 1 aromatic carbocycles. The molecule has 5 heteroatoms. The highest BCUT2D eigenvalue weighted by molar-refractivity contribution is 6.34. The van der Waals surface area contributed by atoms with E-state index in [1.54, 1.807) is 6.20 Å². The number of aromatic nitrogens is 3. The average Bonchev–Trinajstić information content (AvgIpc) is 2.82. The molecule has 0 saturated heterocycles. The molecule has 0 amide bonds. The van der Waals surface area contributed by atoms with Crippen molar-refractivity contribution in [3.63, 3.8) is 0 Å². The van der Waals surface area contributed by atoms with E-state index in [-0.39, 0.29) is 0 Å². The molecule has 0 fully saturated rings. The number of benzene rings is 1. The standard InChI is InChI=1S/C12H9ClN4/c13-12-9-4-2-1-3-8(9)7-11(16-12)15-10-5-6-14-17-10/h1-7H,(H2,14,15,16,17). The second-order valence-corrected chi connectivity index (χ2v) is 3.96. The van der Waals surface area contributed by atoms with Gasteiger partial charge in [0.25, 0.3) is 0 Å². The van der Waals surface area contributed by atoms with E-state index in [1.165, 1.54) is 0 Å². The molecule has 0 aliphatic heterocycles. The predicted octanol–water partition coefficient (Wildman–Crippen LogP) is 3.35. The summed E-state index contributed by atoms with van der Waals surface area (Å²) in [5.41, 5.74) is 0. The highest BCUT2D eigenvalue weighted by atomic mass is 35.5. The lowest BCUT2D eigenvalue weighted by Gasteiger charge is -2.05. The number of hydrogen-bond donors (Lipinski definition) is 2. The van der Waals surface area contributed by atoms with Crippen molar-refractivity contribution in [2.24, 2.45) is 0 Å². The monoisotopic (exact) mass is 244 g/mol. The van der Waals surface area contributed by atoms with Crippen molar-refractivity contribution in [3.8, 4) is 0 Å². The Balaban J connectivity index is 2.06. The molecule has 3 aromatic rings. The molecule has 0 spiro atoms. The zero-order valence-electron chi connectivity index (χ0n) is 8.81. The van der Waals surface area contributed by atoms with Crippen LogP contribution in [0.25, 0.3) is 10.8 Å². The summed E-state index contributed by atoms with van der Waals surface area (Å²) in [5.74, 6) is 1.39. The molecule has 2 N–H and O–H groups in total. The summed E-state index contributed by atoms with van der Waals surface area (Å²) in [4.78, 5) is 4.28. The first-order valence-corrected chi connectivity index (χ1v) is 5.53. The lowest BCUT2D eigenvalue weighted by molar-refractivity contribution is 1.09. The number of pyridine rings is 1. The fourth-order valence-electron chi connectivity index (χ4n) is 1.68. The van der Waals surface area contributed by atoms with Gasteiger partial charge in [0.15, 0.2) is 5.82 Å². The largest absolute Gasteiger partial charge is 0.323 e. The van der Waals surface area contributed by atoms with E-state index in [2.05, 4.69) is 20.5 Å². The molecule has 0 aliphatic carbocycles. The maximum absolute atomic E-state index is 6.12. The molecule has 3 rings (SSSR count). The van der Waals surface area contributed by atoms with Gasteiger partial charge in [-0.25, -0.2) is 4.98 Å². The average molecular weight is 245 g/mol. The Bertz CT molecular complexity index is 649. The number of halogens is 1. The van der Waals surface area contributed by atoms with Gasteiger partial charge in [-0.1, -0.05) is 35.9 Å². The van der Waals surface area contributed by atoms with Crippen molar-refractivity contribution in [3.05, 3.63) is 47.7 Å². The molecular weight excluding hydrogens is 236 g/mol. The van der Waals surface area contributed by atoms with E-state index in [0.717, 1.165) is 10.8 Å². The van der Waals surface area contributed by atoms with Gasteiger partial charge in [-0.05, 0) is 11.5 Å². The van der Waals surface area contributed by atoms with Crippen LogP contribution in [-0.4, -0.2) is 15.2 Å². The van der Waals surface area contributed by atoms with Gasteiger partial charge in [0.05, 0.1) is 0 Å². The van der Waals surface area contributed by atoms with Crippen molar-refractivity contribution in [1.82, 2.24) is 15.2 Å². The van der Waals surface area contributed by atoms with Gasteiger partial charge in [-0.2, -0.15) is 5.10 Å². The van der Waals surface area contributed by atoms with Gasteiger partial charge in [0, 0.05) is 17.6 Å². The minimum atomic E-state index is 0.487. The Morgan fingerprint density at radius 2 is 2.00 bits per heavy atom. The molecule has 0 aliphatic rings. The summed E-state index contributed by atoms with van der Waals surface area (Å²) < 4.78 is 0. The van der Waals surface area contributed by atoms with Gasteiger partial charge >= 0.3 is 0 Å². The van der Waals surface area contributed by atoms with Crippen LogP contribution in [0.2, 0.25) is 5.15 Å². The molecule has 17 heavy (non-hydrogen) atoms. The van der Waals surface area contributed by atoms with Crippen molar-refractivity contribution >= 4 is 34.0 Å². The SMILES string of the molecule is Clc1nc(Nc2cc[nH]n2)cc2ccccc12. The maximum atomic E-state index is 6.12. The van der Waals surface area contributed by atoms with Crippen LogP contribution in [0, 0.1) is 0 Å². The van der Waals surface area contributed by atoms with Crippen molar-refractivity contribution in [2.75, 3.05) is 5.32 Å². The first kappa shape index (κ1) is 10.1. The normalized spacial score (nSPS) is 10.6. The third kappa shape index (κ3) is 1.94. The van der Waals surface area contributed by atoms with Crippen LogP contribution >= 0.6 is 11.6 Å². The summed E-state index contributed by atoms with van der Waals surface area (Å²) in [6.45, 7) is 0. The predicted molar refractivity (Wildman–Crippen MR) is 68.6 cm³/mol. The highest BCUT2D eigenvalue weighted by Crippen LogP contribution is 2.25. The molecule has 0 unspecified atom stereocenters. The molecule has 0 atom stereocenters. The number of rotatable bonds is 2. The number of aromatic amines is 1. The van der Waals surface area contributed by atoms with E-state index in [1.807, 2.05) is 36.4 Å². The highest BCUT2D eigenvalue weighted by Gasteiger charge is 2.04. The Morgan fingerprint density at radius 3 is 2.82 bits per heavy atom. The van der Waals surface area contributed by atoms with E-state index < -0.39 is 0 Å². The molecule has 4 nitrogen and oxygen atoms in total. The number of nitrogens with one attached hydrogen (secondary N) is 2. The van der Waals surface area contributed by atoms with E-state index in [9.17, 15) is 0 Å². The molecule has 0 bridgehead atoms. The van der Waals surface area contributed by atoms with Gasteiger partial charge in [-0.15, -0.1) is 0 Å². The zero-order valence-corrected chi connectivity index (χ0v) is 9.57. The Labute approximate surface area is 103 Å². The second-order valence-electron chi connectivity index (χ2n) is 3.60. The van der Waals surface area contributed by atoms with E-state index in [4.69, 9.17) is 11.6 Å². The van der Waals surface area contributed by atoms with Crippen LogP contribution < -0.4 is 5.32 Å². The summed E-state index contributed by atoms with van der Waals surface area (Å²) >= 11 is 6.12. The van der Waals surface area contributed by atoms with Crippen molar-refractivity contribution < 1.29 is 0 Å². The van der Waals surface area contributed by atoms with Crippen LogP contribution in [0.1, 0.15) is 0 Å². The first-order valence-electron chi connectivity index (χ1n) is 5.15.